The first-order valence-electron chi connectivity index (χ1n) is 6.15. The number of hydrogen-bond donors (Lipinski definition) is 1. The van der Waals surface area contributed by atoms with E-state index in [1.807, 2.05) is 12.1 Å². The number of nitro groups is 1. The topological polar surface area (TPSA) is 111 Å². The van der Waals surface area contributed by atoms with Crippen LogP contribution in [0.15, 0.2) is 42.5 Å². The molecule has 0 aliphatic carbocycles. The highest BCUT2D eigenvalue weighted by Gasteiger charge is 2.13. The third-order valence-corrected chi connectivity index (χ3v) is 2.93. The Hall–Kier alpha value is -3.64. The number of rotatable bonds is 3. The molecular formula is C16H9N3O3. The Labute approximate surface area is 125 Å². The van der Waals surface area contributed by atoms with Gasteiger partial charge >= 0.3 is 5.69 Å². The number of hydrogen-bond acceptors (Lipinski definition) is 5. The van der Waals surface area contributed by atoms with Crippen LogP contribution in [0, 0.1) is 32.8 Å². The number of aromatic hydroxyl groups is 1. The maximum atomic E-state index is 10.8. The monoisotopic (exact) mass is 291 g/mol. The van der Waals surface area contributed by atoms with Gasteiger partial charge in [-0.25, -0.2) is 0 Å². The summed E-state index contributed by atoms with van der Waals surface area (Å²) in [5, 5.41) is 38.4. The van der Waals surface area contributed by atoms with Gasteiger partial charge in [0.15, 0.2) is 5.75 Å². The fraction of sp³-hybridized carbons (Fsp3) is 0. The fourth-order valence-electron chi connectivity index (χ4n) is 1.88. The summed E-state index contributed by atoms with van der Waals surface area (Å²) in [5.41, 5.74) is 1.19. The van der Waals surface area contributed by atoms with Gasteiger partial charge in [0.2, 0.25) is 0 Å². The molecule has 0 heterocycles. The summed E-state index contributed by atoms with van der Waals surface area (Å²) in [4.78, 5) is 10.1. The van der Waals surface area contributed by atoms with Gasteiger partial charge in [0, 0.05) is 6.07 Å². The van der Waals surface area contributed by atoms with E-state index in [2.05, 4.69) is 0 Å². The van der Waals surface area contributed by atoms with Gasteiger partial charge in [0.05, 0.1) is 28.2 Å². The van der Waals surface area contributed by atoms with Crippen molar-refractivity contribution in [2.45, 2.75) is 0 Å². The number of benzene rings is 2. The van der Waals surface area contributed by atoms with Crippen LogP contribution in [0.5, 0.6) is 5.75 Å². The van der Waals surface area contributed by atoms with Gasteiger partial charge in [0.25, 0.3) is 0 Å². The van der Waals surface area contributed by atoms with E-state index in [0.29, 0.717) is 16.7 Å². The highest BCUT2D eigenvalue weighted by Crippen LogP contribution is 2.28. The van der Waals surface area contributed by atoms with Crippen molar-refractivity contribution in [2.24, 2.45) is 0 Å². The zero-order chi connectivity index (χ0) is 16.1. The number of phenolic OH excluding ortho intramolecular Hbond substituents is 1. The standard InChI is InChI=1S/C16H9N3O3/c17-9-12-2-1-3-13(7-12)14(10-18)6-11-4-5-16(20)15(8-11)19(21)22/h1-8,20H/b14-6-. The van der Waals surface area contributed by atoms with E-state index in [9.17, 15) is 20.5 Å². The largest absolute Gasteiger partial charge is 0.502 e. The van der Waals surface area contributed by atoms with Crippen LogP contribution in [0.2, 0.25) is 0 Å². The van der Waals surface area contributed by atoms with Crippen LogP contribution < -0.4 is 0 Å². The Bertz CT molecular complexity index is 858. The molecule has 0 fully saturated rings. The van der Waals surface area contributed by atoms with E-state index in [1.54, 1.807) is 24.3 Å². The lowest BCUT2D eigenvalue weighted by atomic mass is 10.0. The molecule has 0 saturated heterocycles. The third kappa shape index (κ3) is 3.09. The molecule has 0 unspecified atom stereocenters. The van der Waals surface area contributed by atoms with E-state index in [-0.39, 0.29) is 5.57 Å². The van der Waals surface area contributed by atoms with Crippen molar-refractivity contribution < 1.29 is 10.0 Å². The highest BCUT2D eigenvalue weighted by molar-refractivity contribution is 5.90. The number of phenols is 1. The molecule has 0 spiro atoms. The lowest BCUT2D eigenvalue weighted by molar-refractivity contribution is -0.385. The molecule has 6 heteroatoms. The van der Waals surface area contributed by atoms with Crippen molar-refractivity contribution in [3.63, 3.8) is 0 Å². The van der Waals surface area contributed by atoms with E-state index < -0.39 is 16.4 Å². The van der Waals surface area contributed by atoms with Crippen molar-refractivity contribution >= 4 is 17.3 Å². The molecule has 2 rings (SSSR count). The second-order valence-corrected chi connectivity index (χ2v) is 4.37. The Morgan fingerprint density at radius 3 is 2.64 bits per heavy atom. The minimum absolute atomic E-state index is 0.261. The molecule has 0 atom stereocenters. The van der Waals surface area contributed by atoms with Crippen LogP contribution in [-0.4, -0.2) is 10.0 Å². The van der Waals surface area contributed by atoms with Gasteiger partial charge in [-0.3, -0.25) is 10.1 Å². The molecule has 1 N–H and O–H groups in total. The SMILES string of the molecule is N#C/C(=C/c1ccc(O)c([N+](=O)[O-])c1)c1cccc(C#N)c1. The van der Waals surface area contributed by atoms with Gasteiger partial charge in [-0.2, -0.15) is 10.5 Å². The molecule has 2 aromatic carbocycles. The van der Waals surface area contributed by atoms with Crippen LogP contribution in [-0.2, 0) is 0 Å². The first-order chi connectivity index (χ1) is 10.5. The Morgan fingerprint density at radius 1 is 1.23 bits per heavy atom. The average Bonchev–Trinajstić information content (AvgIpc) is 2.53. The zero-order valence-corrected chi connectivity index (χ0v) is 11.2. The van der Waals surface area contributed by atoms with Crippen LogP contribution in [0.25, 0.3) is 11.6 Å². The Balaban J connectivity index is 2.50. The summed E-state index contributed by atoms with van der Waals surface area (Å²) in [6.07, 6.45) is 1.46. The van der Waals surface area contributed by atoms with E-state index in [1.165, 1.54) is 24.3 Å². The maximum absolute atomic E-state index is 10.8. The Kier molecular flexibility index (Phi) is 4.17. The molecule has 0 radical (unpaired) electrons. The zero-order valence-electron chi connectivity index (χ0n) is 11.2. The molecule has 2 aromatic rings. The number of nitro benzene ring substituents is 1. The van der Waals surface area contributed by atoms with Crippen molar-refractivity contribution in [3.8, 4) is 17.9 Å². The number of allylic oxidation sites excluding steroid dienone is 1. The molecule has 0 amide bonds. The molecule has 0 aliphatic rings. The van der Waals surface area contributed by atoms with Crippen molar-refractivity contribution in [3.05, 3.63) is 69.3 Å². The maximum Gasteiger partial charge on any atom is 0.311 e. The summed E-state index contributed by atoms with van der Waals surface area (Å²) >= 11 is 0. The van der Waals surface area contributed by atoms with Crippen molar-refractivity contribution in [2.75, 3.05) is 0 Å². The fourth-order valence-corrected chi connectivity index (χ4v) is 1.88. The number of nitriles is 2. The highest BCUT2D eigenvalue weighted by atomic mass is 16.6. The number of nitrogens with zero attached hydrogens (tertiary/aromatic N) is 3. The molecular weight excluding hydrogens is 282 g/mol. The molecule has 0 saturated carbocycles. The van der Waals surface area contributed by atoms with Crippen LogP contribution in [0.1, 0.15) is 16.7 Å². The van der Waals surface area contributed by atoms with Gasteiger partial charge in [-0.05, 0) is 35.4 Å². The normalized spacial score (nSPS) is 10.5. The molecule has 0 aliphatic heterocycles. The van der Waals surface area contributed by atoms with Crippen LogP contribution in [0.4, 0.5) is 5.69 Å². The summed E-state index contributed by atoms with van der Waals surface area (Å²) in [6.45, 7) is 0. The van der Waals surface area contributed by atoms with Crippen molar-refractivity contribution in [1.82, 2.24) is 0 Å². The lowest BCUT2D eigenvalue weighted by Gasteiger charge is -2.01. The first kappa shape index (κ1) is 14.8. The average molecular weight is 291 g/mol. The van der Waals surface area contributed by atoms with Crippen LogP contribution in [0.3, 0.4) is 0 Å². The molecule has 6 nitrogen and oxygen atoms in total. The minimum Gasteiger partial charge on any atom is -0.502 e. The quantitative estimate of drug-likeness (QED) is 0.404. The van der Waals surface area contributed by atoms with Gasteiger partial charge in [-0.1, -0.05) is 18.2 Å². The summed E-state index contributed by atoms with van der Waals surface area (Å²) < 4.78 is 0. The molecule has 0 bridgehead atoms. The first-order valence-corrected chi connectivity index (χ1v) is 6.15. The Morgan fingerprint density at radius 2 is 2.00 bits per heavy atom. The van der Waals surface area contributed by atoms with Crippen LogP contribution >= 0.6 is 0 Å². The lowest BCUT2D eigenvalue weighted by Crippen LogP contribution is -1.90. The predicted molar refractivity (Wildman–Crippen MR) is 79.4 cm³/mol. The van der Waals surface area contributed by atoms with E-state index in [4.69, 9.17) is 5.26 Å². The summed E-state index contributed by atoms with van der Waals surface area (Å²) in [7, 11) is 0. The predicted octanol–water partition coefficient (Wildman–Crippen LogP) is 3.24. The molecule has 0 aromatic heterocycles. The van der Waals surface area contributed by atoms with Gasteiger partial charge in [0.1, 0.15) is 0 Å². The van der Waals surface area contributed by atoms with Gasteiger partial charge in [-0.15, -0.1) is 0 Å². The van der Waals surface area contributed by atoms with Crippen molar-refractivity contribution in [1.29, 1.82) is 10.5 Å². The molecule has 106 valence electrons. The van der Waals surface area contributed by atoms with E-state index in [0.717, 1.165) is 0 Å². The van der Waals surface area contributed by atoms with Gasteiger partial charge < -0.3 is 5.11 Å². The minimum atomic E-state index is -0.699. The summed E-state index contributed by atoms with van der Waals surface area (Å²) in [6, 6.07) is 14.3. The summed E-state index contributed by atoms with van der Waals surface area (Å²) in [5.74, 6) is -0.438. The second kappa shape index (κ2) is 6.21. The third-order valence-electron chi connectivity index (χ3n) is 2.93. The second-order valence-electron chi connectivity index (χ2n) is 4.37. The molecule has 22 heavy (non-hydrogen) atoms. The van der Waals surface area contributed by atoms with E-state index >= 15 is 0 Å². The smallest absolute Gasteiger partial charge is 0.311 e.